The van der Waals surface area contributed by atoms with Crippen molar-refractivity contribution in [2.75, 3.05) is 13.1 Å². The topological polar surface area (TPSA) is 12.0 Å². The molecule has 0 bridgehead atoms. The minimum atomic E-state index is -0.146. The van der Waals surface area contributed by atoms with Gasteiger partial charge >= 0.3 is 0 Å². The maximum absolute atomic E-state index is 12.9. The molecule has 1 radical (unpaired) electrons. The van der Waals surface area contributed by atoms with E-state index in [1.807, 2.05) is 0 Å². The van der Waals surface area contributed by atoms with E-state index in [1.54, 1.807) is 12.1 Å². The Balaban J connectivity index is 2.14. The second-order valence-electron chi connectivity index (χ2n) is 3.49. The van der Waals surface area contributed by atoms with Gasteiger partial charge in [0.15, 0.2) is 0 Å². The van der Waals surface area contributed by atoms with Crippen LogP contribution >= 0.6 is 0 Å². The molecule has 1 nitrogen and oxygen atoms in total. The molecule has 0 atom stereocenters. The number of halogens is 1. The van der Waals surface area contributed by atoms with Crippen molar-refractivity contribution >= 4 is 0 Å². The number of hydrogen-bond donors (Lipinski definition) is 1. The Morgan fingerprint density at radius 1 is 1.38 bits per heavy atom. The Labute approximate surface area is 78.0 Å². The zero-order valence-electron chi connectivity index (χ0n) is 7.52. The van der Waals surface area contributed by atoms with E-state index in [9.17, 15) is 4.39 Å². The average Bonchev–Trinajstić information content (AvgIpc) is 2.19. The van der Waals surface area contributed by atoms with Crippen LogP contribution in [0.25, 0.3) is 0 Å². The average molecular weight is 178 g/mol. The predicted molar refractivity (Wildman–Crippen MR) is 50.1 cm³/mol. The molecule has 1 N–H and O–H groups in total. The maximum Gasteiger partial charge on any atom is 0.123 e. The van der Waals surface area contributed by atoms with Crippen LogP contribution in [0, 0.1) is 11.9 Å². The van der Waals surface area contributed by atoms with Crippen molar-refractivity contribution < 1.29 is 4.39 Å². The molecule has 0 saturated carbocycles. The van der Waals surface area contributed by atoms with E-state index < -0.39 is 0 Å². The van der Waals surface area contributed by atoms with E-state index in [2.05, 4.69) is 11.4 Å². The number of nitrogens with one attached hydrogen (secondary N) is 1. The van der Waals surface area contributed by atoms with Crippen LogP contribution in [-0.4, -0.2) is 13.1 Å². The summed E-state index contributed by atoms with van der Waals surface area (Å²) in [5.41, 5.74) is 1.03. The summed E-state index contributed by atoms with van der Waals surface area (Å²) in [6.07, 6.45) is 2.19. The summed E-state index contributed by atoms with van der Waals surface area (Å²) in [7, 11) is 0. The smallest absolute Gasteiger partial charge is 0.123 e. The van der Waals surface area contributed by atoms with Gasteiger partial charge in [0.05, 0.1) is 0 Å². The lowest BCUT2D eigenvalue weighted by Gasteiger charge is -2.22. The van der Waals surface area contributed by atoms with Crippen LogP contribution in [0.3, 0.4) is 0 Å². The highest BCUT2D eigenvalue weighted by Crippen LogP contribution is 2.24. The van der Waals surface area contributed by atoms with Gasteiger partial charge in [0.1, 0.15) is 5.82 Å². The summed E-state index contributed by atoms with van der Waals surface area (Å²) < 4.78 is 12.9. The van der Waals surface area contributed by atoms with Gasteiger partial charge in [0.2, 0.25) is 0 Å². The lowest BCUT2D eigenvalue weighted by atomic mass is 9.90. The summed E-state index contributed by atoms with van der Waals surface area (Å²) in [6, 6.07) is 7.84. The Morgan fingerprint density at radius 2 is 2.15 bits per heavy atom. The normalized spacial score (nSPS) is 18.8. The Morgan fingerprint density at radius 3 is 2.85 bits per heavy atom. The van der Waals surface area contributed by atoms with Crippen LogP contribution in [0.4, 0.5) is 4.39 Å². The molecule has 0 aliphatic carbocycles. The highest BCUT2D eigenvalue weighted by molar-refractivity contribution is 5.19. The third kappa shape index (κ3) is 2.07. The van der Waals surface area contributed by atoms with Crippen molar-refractivity contribution in [3.63, 3.8) is 0 Å². The lowest BCUT2D eigenvalue weighted by molar-refractivity contribution is 0.458. The van der Waals surface area contributed by atoms with Crippen molar-refractivity contribution in [1.29, 1.82) is 0 Å². The SMILES string of the molecule is Fc1cc[c]c(C2CCNCC2)c1. The third-order valence-corrected chi connectivity index (χ3v) is 2.56. The molecule has 1 heterocycles. The standard InChI is InChI=1S/C11H13FN/c12-11-3-1-2-10(8-11)9-4-6-13-7-5-9/h1,3,8-9,13H,4-7H2. The highest BCUT2D eigenvalue weighted by atomic mass is 19.1. The molecule has 1 aromatic carbocycles. The van der Waals surface area contributed by atoms with E-state index in [0.717, 1.165) is 31.5 Å². The van der Waals surface area contributed by atoms with Gasteiger partial charge in [0.25, 0.3) is 0 Å². The van der Waals surface area contributed by atoms with Crippen LogP contribution in [0.1, 0.15) is 24.3 Å². The van der Waals surface area contributed by atoms with Crippen LogP contribution in [0.2, 0.25) is 0 Å². The Hall–Kier alpha value is -0.890. The summed E-state index contributed by atoms with van der Waals surface area (Å²) in [5, 5.41) is 3.29. The molecule has 1 aliphatic heterocycles. The van der Waals surface area contributed by atoms with Crippen molar-refractivity contribution in [3.8, 4) is 0 Å². The third-order valence-electron chi connectivity index (χ3n) is 2.56. The molecule has 1 aromatic rings. The minimum absolute atomic E-state index is 0.146. The van der Waals surface area contributed by atoms with Crippen molar-refractivity contribution in [1.82, 2.24) is 5.32 Å². The van der Waals surface area contributed by atoms with Gasteiger partial charge in [0, 0.05) is 0 Å². The number of rotatable bonds is 1. The van der Waals surface area contributed by atoms with E-state index in [0.29, 0.717) is 5.92 Å². The van der Waals surface area contributed by atoms with Crippen LogP contribution in [0.5, 0.6) is 0 Å². The molecule has 0 unspecified atom stereocenters. The largest absolute Gasteiger partial charge is 0.317 e. The van der Waals surface area contributed by atoms with Crippen LogP contribution in [0.15, 0.2) is 18.2 Å². The van der Waals surface area contributed by atoms with Crippen molar-refractivity contribution in [2.45, 2.75) is 18.8 Å². The van der Waals surface area contributed by atoms with Crippen LogP contribution in [-0.2, 0) is 0 Å². The van der Waals surface area contributed by atoms with Gasteiger partial charge in [-0.05, 0) is 55.6 Å². The second kappa shape index (κ2) is 3.88. The van der Waals surface area contributed by atoms with E-state index in [-0.39, 0.29) is 5.82 Å². The predicted octanol–water partition coefficient (Wildman–Crippen LogP) is 2.09. The van der Waals surface area contributed by atoms with Gasteiger partial charge in [-0.25, -0.2) is 4.39 Å². The van der Waals surface area contributed by atoms with Gasteiger partial charge in [-0.1, -0.05) is 6.07 Å². The summed E-state index contributed by atoms with van der Waals surface area (Å²) >= 11 is 0. The number of piperidine rings is 1. The molecule has 1 saturated heterocycles. The molecule has 2 heteroatoms. The van der Waals surface area contributed by atoms with E-state index in [1.165, 1.54) is 6.07 Å². The van der Waals surface area contributed by atoms with Gasteiger partial charge < -0.3 is 5.32 Å². The van der Waals surface area contributed by atoms with E-state index in [4.69, 9.17) is 0 Å². The van der Waals surface area contributed by atoms with Crippen molar-refractivity contribution in [3.05, 3.63) is 35.6 Å². The quantitative estimate of drug-likeness (QED) is 0.694. The minimum Gasteiger partial charge on any atom is -0.317 e. The van der Waals surface area contributed by atoms with Gasteiger partial charge in [-0.2, -0.15) is 0 Å². The first-order valence-corrected chi connectivity index (χ1v) is 4.74. The fraction of sp³-hybridized carbons (Fsp3) is 0.455. The van der Waals surface area contributed by atoms with E-state index >= 15 is 0 Å². The molecule has 69 valence electrons. The number of hydrogen-bond acceptors (Lipinski definition) is 1. The molecule has 0 aromatic heterocycles. The van der Waals surface area contributed by atoms with Crippen LogP contribution < -0.4 is 5.32 Å². The fourth-order valence-corrected chi connectivity index (χ4v) is 1.82. The lowest BCUT2D eigenvalue weighted by Crippen LogP contribution is -2.26. The Kier molecular flexibility index (Phi) is 2.60. The first kappa shape index (κ1) is 8.70. The van der Waals surface area contributed by atoms with Crippen molar-refractivity contribution in [2.24, 2.45) is 0 Å². The molecule has 1 aliphatic rings. The Bertz CT molecular complexity index is 279. The first-order chi connectivity index (χ1) is 6.36. The maximum atomic E-state index is 12.9. The molecule has 1 fully saturated rings. The first-order valence-electron chi connectivity index (χ1n) is 4.74. The molecule has 13 heavy (non-hydrogen) atoms. The zero-order chi connectivity index (χ0) is 9.10. The molecular weight excluding hydrogens is 165 g/mol. The number of benzene rings is 1. The fourth-order valence-electron chi connectivity index (χ4n) is 1.82. The zero-order valence-corrected chi connectivity index (χ0v) is 7.52. The van der Waals surface area contributed by atoms with Gasteiger partial charge in [-0.3, -0.25) is 0 Å². The molecule has 0 spiro atoms. The second-order valence-corrected chi connectivity index (χ2v) is 3.49. The summed E-state index contributed by atoms with van der Waals surface area (Å²) in [5.74, 6) is 0.351. The summed E-state index contributed by atoms with van der Waals surface area (Å²) in [6.45, 7) is 2.07. The monoisotopic (exact) mass is 178 g/mol. The molecule has 0 amide bonds. The summed E-state index contributed by atoms with van der Waals surface area (Å²) in [4.78, 5) is 0. The highest BCUT2D eigenvalue weighted by Gasteiger charge is 2.15. The molecular formula is C11H13FN. The van der Waals surface area contributed by atoms with Gasteiger partial charge in [-0.15, -0.1) is 0 Å². The molecule has 2 rings (SSSR count).